The first-order valence-electron chi connectivity index (χ1n) is 15.6. The van der Waals surface area contributed by atoms with Gasteiger partial charge in [0, 0.05) is 26.5 Å². The van der Waals surface area contributed by atoms with Gasteiger partial charge in [0.25, 0.3) is 0 Å². The lowest BCUT2D eigenvalue weighted by Gasteiger charge is -2.59. The smallest absolute Gasteiger partial charge is 0.0883 e. The van der Waals surface area contributed by atoms with E-state index < -0.39 is 5.60 Å². The van der Waals surface area contributed by atoms with Gasteiger partial charge in [0.05, 0.1) is 17.3 Å². The Bertz CT molecular complexity index is 1290. The highest BCUT2D eigenvalue weighted by Gasteiger charge is 2.62. The molecule has 4 aliphatic rings. The number of aromatic amines is 1. The molecule has 1 aromatic carbocycles. The maximum absolute atomic E-state index is 11.4. The Kier molecular flexibility index (Phi) is 6.80. The number of rotatable bonds is 5. The molecule has 6 rings (SSSR count). The monoisotopic (exact) mass is 595 g/mol. The summed E-state index contributed by atoms with van der Waals surface area (Å²) in [5, 5.41) is 12.8. The van der Waals surface area contributed by atoms with E-state index in [-0.39, 0.29) is 17.1 Å². The van der Waals surface area contributed by atoms with E-state index in [1.807, 2.05) is 6.92 Å². The van der Waals surface area contributed by atoms with Crippen molar-refractivity contribution in [1.29, 1.82) is 0 Å². The maximum Gasteiger partial charge on any atom is 0.0883 e. The number of benzene rings is 1. The second-order valence-corrected chi connectivity index (χ2v) is 16.2. The Morgan fingerprint density at radius 1 is 1.10 bits per heavy atom. The highest BCUT2D eigenvalue weighted by molar-refractivity contribution is 9.10. The Morgan fingerprint density at radius 3 is 2.59 bits per heavy atom. The first-order chi connectivity index (χ1) is 18.3. The van der Waals surface area contributed by atoms with Crippen molar-refractivity contribution in [2.45, 2.75) is 129 Å². The van der Waals surface area contributed by atoms with Crippen LogP contribution in [0.4, 0.5) is 0 Å². The van der Waals surface area contributed by atoms with Crippen molar-refractivity contribution in [1.82, 2.24) is 4.98 Å². The number of halogens is 1. The molecule has 0 bridgehead atoms. The Hall–Kier alpha value is -1.10. The standard InChI is InChI=1S/C35H50BrNO2/c1-21(2)9-8-17-34(6,38)30-16-18-35(7,39-30)27-13-12-26-23(27)11-15-29-32(3,4)31-25(20-33(26,29)5)24-19-22(36)10-14-28(24)37-31/h9-10,14,19,23,26-27,29-30,37-38H,8,11-13,15-18,20H2,1-7H3/t23-,26+,27+,29+,30-,33-,34+,35+/m1/s1. The summed E-state index contributed by atoms with van der Waals surface area (Å²) in [6.07, 6.45) is 12.3. The number of hydrogen-bond acceptors (Lipinski definition) is 2. The average Bonchev–Trinajstić information content (AvgIpc) is 3.55. The van der Waals surface area contributed by atoms with Gasteiger partial charge in [-0.3, -0.25) is 0 Å². The summed E-state index contributed by atoms with van der Waals surface area (Å²) in [5.74, 6) is 2.75. The van der Waals surface area contributed by atoms with Gasteiger partial charge < -0.3 is 14.8 Å². The lowest BCUT2D eigenvalue weighted by Crippen LogP contribution is -2.55. The molecule has 1 aromatic heterocycles. The fraction of sp³-hybridized carbons (Fsp3) is 0.714. The van der Waals surface area contributed by atoms with E-state index in [1.54, 1.807) is 5.56 Å². The number of aromatic nitrogens is 1. The van der Waals surface area contributed by atoms with Gasteiger partial charge in [0.15, 0.2) is 0 Å². The summed E-state index contributed by atoms with van der Waals surface area (Å²) >= 11 is 3.74. The van der Waals surface area contributed by atoms with Crippen molar-refractivity contribution in [3.05, 3.63) is 45.6 Å². The molecule has 8 atom stereocenters. The summed E-state index contributed by atoms with van der Waals surface area (Å²) in [5.41, 5.74) is 5.21. The zero-order chi connectivity index (χ0) is 28.0. The van der Waals surface area contributed by atoms with Gasteiger partial charge >= 0.3 is 0 Å². The zero-order valence-electron chi connectivity index (χ0n) is 25.3. The van der Waals surface area contributed by atoms with Crippen LogP contribution in [-0.4, -0.2) is 27.4 Å². The zero-order valence-corrected chi connectivity index (χ0v) is 26.9. The molecule has 4 heteroatoms. The molecule has 2 aromatic rings. The van der Waals surface area contributed by atoms with Crippen LogP contribution in [0.2, 0.25) is 0 Å². The van der Waals surface area contributed by atoms with E-state index in [2.05, 4.69) is 86.7 Å². The minimum Gasteiger partial charge on any atom is -0.387 e. The highest BCUT2D eigenvalue weighted by atomic mass is 79.9. The molecule has 2 saturated carbocycles. The van der Waals surface area contributed by atoms with Crippen molar-refractivity contribution in [3.63, 3.8) is 0 Å². The van der Waals surface area contributed by atoms with Crippen molar-refractivity contribution >= 4 is 26.8 Å². The van der Waals surface area contributed by atoms with Crippen LogP contribution >= 0.6 is 15.9 Å². The molecule has 3 aliphatic carbocycles. The second-order valence-electron chi connectivity index (χ2n) is 15.3. The number of ether oxygens (including phenoxy) is 1. The molecule has 1 saturated heterocycles. The van der Waals surface area contributed by atoms with Crippen LogP contribution in [-0.2, 0) is 16.6 Å². The fourth-order valence-corrected chi connectivity index (χ4v) is 10.7. The van der Waals surface area contributed by atoms with E-state index in [0.29, 0.717) is 17.3 Å². The molecular formula is C35H50BrNO2. The fourth-order valence-electron chi connectivity index (χ4n) is 10.3. The Morgan fingerprint density at radius 2 is 1.85 bits per heavy atom. The van der Waals surface area contributed by atoms with Crippen LogP contribution < -0.4 is 0 Å². The van der Waals surface area contributed by atoms with Gasteiger partial charge in [-0.1, -0.05) is 48.4 Å². The maximum atomic E-state index is 11.4. The molecule has 0 radical (unpaired) electrons. The van der Waals surface area contributed by atoms with Crippen LogP contribution in [0.3, 0.4) is 0 Å². The van der Waals surface area contributed by atoms with E-state index in [1.165, 1.54) is 58.7 Å². The minimum absolute atomic E-state index is 0.0557. The Labute approximate surface area is 244 Å². The Balaban J connectivity index is 1.26. The number of aliphatic hydroxyl groups is 1. The third-order valence-electron chi connectivity index (χ3n) is 12.2. The molecule has 39 heavy (non-hydrogen) atoms. The number of fused-ring (bicyclic) bond motifs is 6. The van der Waals surface area contributed by atoms with Crippen molar-refractivity contribution in [2.24, 2.45) is 29.1 Å². The molecular weight excluding hydrogens is 546 g/mol. The molecule has 0 amide bonds. The summed E-state index contributed by atoms with van der Waals surface area (Å²) < 4.78 is 8.12. The van der Waals surface area contributed by atoms with Crippen LogP contribution in [0.5, 0.6) is 0 Å². The normalized spacial score (nSPS) is 38.6. The van der Waals surface area contributed by atoms with Crippen molar-refractivity contribution < 1.29 is 9.84 Å². The molecule has 3 nitrogen and oxygen atoms in total. The molecule has 0 unspecified atom stereocenters. The van der Waals surface area contributed by atoms with Gasteiger partial charge in [0.2, 0.25) is 0 Å². The first kappa shape index (κ1) is 28.0. The number of allylic oxidation sites excluding steroid dienone is 2. The topological polar surface area (TPSA) is 45.2 Å². The molecule has 2 heterocycles. The molecule has 214 valence electrons. The number of hydrogen-bond donors (Lipinski definition) is 2. The summed E-state index contributed by atoms with van der Waals surface area (Å²) in [7, 11) is 0. The third kappa shape index (κ3) is 4.41. The van der Waals surface area contributed by atoms with Crippen molar-refractivity contribution in [2.75, 3.05) is 0 Å². The largest absolute Gasteiger partial charge is 0.387 e. The summed E-state index contributed by atoms with van der Waals surface area (Å²) in [4.78, 5) is 3.87. The van der Waals surface area contributed by atoms with Crippen LogP contribution in [0.25, 0.3) is 10.9 Å². The second kappa shape index (κ2) is 9.46. The van der Waals surface area contributed by atoms with Crippen LogP contribution in [0.1, 0.15) is 111 Å². The highest BCUT2D eigenvalue weighted by Crippen LogP contribution is 2.67. The van der Waals surface area contributed by atoms with E-state index in [9.17, 15) is 5.11 Å². The summed E-state index contributed by atoms with van der Waals surface area (Å²) in [6, 6.07) is 6.74. The van der Waals surface area contributed by atoms with Crippen molar-refractivity contribution in [3.8, 4) is 0 Å². The molecule has 3 fully saturated rings. The number of nitrogens with one attached hydrogen (secondary N) is 1. The summed E-state index contributed by atoms with van der Waals surface area (Å²) in [6.45, 7) is 16.3. The van der Waals surface area contributed by atoms with E-state index in [4.69, 9.17) is 4.74 Å². The third-order valence-corrected chi connectivity index (χ3v) is 12.7. The predicted octanol–water partition coefficient (Wildman–Crippen LogP) is 9.26. The van der Waals surface area contributed by atoms with E-state index >= 15 is 0 Å². The van der Waals surface area contributed by atoms with Gasteiger partial charge in [-0.15, -0.1) is 0 Å². The van der Waals surface area contributed by atoms with Gasteiger partial charge in [-0.2, -0.15) is 0 Å². The van der Waals surface area contributed by atoms with Crippen LogP contribution in [0, 0.1) is 29.1 Å². The SMILES string of the molecule is CC(C)=CCC[C@](C)(O)[C@H]1CC[C@@](C)([C@H]2CC[C@H]3[C@H]2CC[C@H]2C(C)(C)c4[nH]c5ccc(Br)cc5c4C[C@]32C)O1. The van der Waals surface area contributed by atoms with Gasteiger partial charge in [0.1, 0.15) is 0 Å². The molecule has 1 aliphatic heterocycles. The first-order valence-corrected chi connectivity index (χ1v) is 16.4. The number of H-pyrrole nitrogens is 1. The lowest BCUT2D eigenvalue weighted by atomic mass is 9.46. The van der Waals surface area contributed by atoms with Gasteiger partial charge in [-0.05, 0) is 138 Å². The van der Waals surface area contributed by atoms with Gasteiger partial charge in [-0.25, -0.2) is 0 Å². The lowest BCUT2D eigenvalue weighted by molar-refractivity contribution is -0.155. The predicted molar refractivity (Wildman–Crippen MR) is 165 cm³/mol. The average molecular weight is 597 g/mol. The molecule has 2 N–H and O–H groups in total. The minimum atomic E-state index is -0.765. The molecule has 0 spiro atoms. The quantitative estimate of drug-likeness (QED) is 0.338. The van der Waals surface area contributed by atoms with Crippen LogP contribution in [0.15, 0.2) is 34.3 Å². The van der Waals surface area contributed by atoms with E-state index in [0.717, 1.165) is 37.5 Å².